The van der Waals surface area contributed by atoms with E-state index in [4.69, 9.17) is 10.8 Å². The second-order valence-corrected chi connectivity index (χ2v) is 3.68. The number of carbonyl (C=O) groups excluding carboxylic acids is 1. The first-order valence-corrected chi connectivity index (χ1v) is 4.57. The van der Waals surface area contributed by atoms with Crippen LogP contribution in [0.4, 0.5) is 4.79 Å². The SMILES string of the molecule is CCCC[C@@](C)(CO)COC(N)=O. The number of aliphatic hydroxyl groups excluding tert-OH is 1. The standard InChI is InChI=1S/C9H19NO3/c1-3-4-5-9(2,6-11)7-13-8(10)12/h11H,3-7H2,1-2H3,(H2,10,12)/t9-/m0/s1. The highest BCUT2D eigenvalue weighted by Crippen LogP contribution is 2.23. The van der Waals surface area contributed by atoms with E-state index in [0.29, 0.717) is 0 Å². The maximum Gasteiger partial charge on any atom is 0.404 e. The second-order valence-electron chi connectivity index (χ2n) is 3.68. The van der Waals surface area contributed by atoms with Gasteiger partial charge < -0.3 is 15.6 Å². The summed E-state index contributed by atoms with van der Waals surface area (Å²) in [6.07, 6.45) is 2.13. The number of amides is 1. The highest BCUT2D eigenvalue weighted by atomic mass is 16.5. The number of carbonyl (C=O) groups is 1. The first kappa shape index (κ1) is 12.2. The van der Waals surface area contributed by atoms with Crippen LogP contribution in [0.15, 0.2) is 0 Å². The molecule has 0 aliphatic carbocycles. The minimum absolute atomic E-state index is 0.0142. The van der Waals surface area contributed by atoms with Crippen LogP contribution in [-0.4, -0.2) is 24.4 Å². The minimum atomic E-state index is -0.781. The van der Waals surface area contributed by atoms with Gasteiger partial charge in [-0.2, -0.15) is 0 Å². The first-order chi connectivity index (χ1) is 6.04. The van der Waals surface area contributed by atoms with Crippen LogP contribution in [0.1, 0.15) is 33.1 Å². The highest BCUT2D eigenvalue weighted by Gasteiger charge is 2.24. The van der Waals surface area contributed by atoms with Crippen LogP contribution in [0.3, 0.4) is 0 Å². The first-order valence-electron chi connectivity index (χ1n) is 4.57. The van der Waals surface area contributed by atoms with Crippen molar-refractivity contribution in [3.8, 4) is 0 Å². The van der Waals surface area contributed by atoms with Crippen LogP contribution >= 0.6 is 0 Å². The van der Waals surface area contributed by atoms with Gasteiger partial charge in [0.15, 0.2) is 0 Å². The van der Waals surface area contributed by atoms with Gasteiger partial charge in [0, 0.05) is 5.41 Å². The molecule has 0 aromatic carbocycles. The lowest BCUT2D eigenvalue weighted by atomic mass is 9.87. The Kier molecular flexibility index (Phi) is 5.46. The average molecular weight is 189 g/mol. The van der Waals surface area contributed by atoms with Crippen LogP contribution in [0.25, 0.3) is 0 Å². The third kappa shape index (κ3) is 5.47. The normalized spacial score (nSPS) is 15.0. The fraction of sp³-hybridized carbons (Fsp3) is 0.889. The monoisotopic (exact) mass is 189 g/mol. The number of primary amides is 1. The highest BCUT2D eigenvalue weighted by molar-refractivity contribution is 5.64. The number of hydrogen-bond donors (Lipinski definition) is 2. The molecule has 4 heteroatoms. The Balaban J connectivity index is 3.87. The maximum atomic E-state index is 10.4. The van der Waals surface area contributed by atoms with E-state index in [1.807, 2.05) is 6.92 Å². The number of aliphatic hydroxyl groups is 1. The zero-order valence-corrected chi connectivity index (χ0v) is 8.38. The van der Waals surface area contributed by atoms with Crippen LogP contribution in [-0.2, 0) is 4.74 Å². The third-order valence-electron chi connectivity index (χ3n) is 2.08. The predicted molar refractivity (Wildman–Crippen MR) is 50.3 cm³/mol. The van der Waals surface area contributed by atoms with Gasteiger partial charge in [0.1, 0.15) is 6.61 Å². The molecule has 0 radical (unpaired) electrons. The smallest absolute Gasteiger partial charge is 0.404 e. The van der Waals surface area contributed by atoms with E-state index in [0.717, 1.165) is 19.3 Å². The molecule has 0 bridgehead atoms. The van der Waals surface area contributed by atoms with Crippen molar-refractivity contribution in [1.29, 1.82) is 0 Å². The lowest BCUT2D eigenvalue weighted by Gasteiger charge is -2.25. The van der Waals surface area contributed by atoms with E-state index in [1.54, 1.807) is 0 Å². The molecule has 1 atom stereocenters. The summed E-state index contributed by atoms with van der Waals surface area (Å²) >= 11 is 0. The summed E-state index contributed by atoms with van der Waals surface area (Å²) in [7, 11) is 0. The molecule has 0 saturated heterocycles. The Morgan fingerprint density at radius 2 is 2.23 bits per heavy atom. The van der Waals surface area contributed by atoms with E-state index in [-0.39, 0.29) is 18.6 Å². The van der Waals surface area contributed by atoms with Gasteiger partial charge in [-0.15, -0.1) is 0 Å². The summed E-state index contributed by atoms with van der Waals surface area (Å²) in [6, 6.07) is 0. The van der Waals surface area contributed by atoms with Gasteiger partial charge in [0.05, 0.1) is 6.61 Å². The van der Waals surface area contributed by atoms with Crippen molar-refractivity contribution in [1.82, 2.24) is 0 Å². The van der Waals surface area contributed by atoms with Gasteiger partial charge in [-0.3, -0.25) is 0 Å². The van der Waals surface area contributed by atoms with E-state index < -0.39 is 6.09 Å². The molecule has 0 aliphatic heterocycles. The summed E-state index contributed by atoms with van der Waals surface area (Å²) in [5.74, 6) is 0. The Morgan fingerprint density at radius 1 is 1.62 bits per heavy atom. The van der Waals surface area contributed by atoms with Gasteiger partial charge in [-0.05, 0) is 6.42 Å². The molecule has 4 nitrogen and oxygen atoms in total. The molecule has 0 heterocycles. The number of ether oxygens (including phenoxy) is 1. The van der Waals surface area contributed by atoms with Crippen LogP contribution in [0.2, 0.25) is 0 Å². The largest absolute Gasteiger partial charge is 0.449 e. The number of rotatable bonds is 6. The maximum absolute atomic E-state index is 10.4. The molecule has 13 heavy (non-hydrogen) atoms. The molecular weight excluding hydrogens is 170 g/mol. The lowest BCUT2D eigenvalue weighted by molar-refractivity contribution is 0.0461. The summed E-state index contributed by atoms with van der Waals surface area (Å²) in [5, 5.41) is 9.09. The Hall–Kier alpha value is -0.770. The molecule has 0 aromatic heterocycles. The Bertz CT molecular complexity index is 161. The van der Waals surface area contributed by atoms with Crippen molar-refractivity contribution in [3.05, 3.63) is 0 Å². The predicted octanol–water partition coefficient (Wildman–Crippen LogP) is 1.27. The van der Waals surface area contributed by atoms with Crippen LogP contribution in [0, 0.1) is 5.41 Å². The fourth-order valence-corrected chi connectivity index (χ4v) is 1.05. The molecular formula is C9H19NO3. The van der Waals surface area contributed by atoms with E-state index >= 15 is 0 Å². The van der Waals surface area contributed by atoms with Crippen molar-refractivity contribution in [3.63, 3.8) is 0 Å². The second kappa shape index (κ2) is 5.80. The van der Waals surface area contributed by atoms with Gasteiger partial charge in [0.25, 0.3) is 0 Å². The zero-order valence-electron chi connectivity index (χ0n) is 8.38. The average Bonchev–Trinajstić information content (AvgIpc) is 2.11. The zero-order chi connectivity index (χ0) is 10.3. The van der Waals surface area contributed by atoms with Gasteiger partial charge in [-0.25, -0.2) is 4.79 Å². The van der Waals surface area contributed by atoms with Crippen molar-refractivity contribution >= 4 is 6.09 Å². The van der Waals surface area contributed by atoms with Crippen LogP contribution in [0.5, 0.6) is 0 Å². The summed E-state index contributed by atoms with van der Waals surface area (Å²) in [5.41, 5.74) is 4.50. The molecule has 0 saturated carbocycles. The van der Waals surface area contributed by atoms with Crippen molar-refractivity contribution in [2.75, 3.05) is 13.2 Å². The van der Waals surface area contributed by atoms with E-state index in [9.17, 15) is 4.79 Å². The Morgan fingerprint density at radius 3 is 2.62 bits per heavy atom. The fourth-order valence-electron chi connectivity index (χ4n) is 1.05. The number of unbranched alkanes of at least 4 members (excludes halogenated alkanes) is 1. The molecule has 0 fully saturated rings. The van der Waals surface area contributed by atoms with Crippen molar-refractivity contribution in [2.24, 2.45) is 11.1 Å². The quantitative estimate of drug-likeness (QED) is 0.661. The van der Waals surface area contributed by atoms with E-state index in [2.05, 4.69) is 11.7 Å². The molecule has 0 unspecified atom stereocenters. The van der Waals surface area contributed by atoms with Crippen LogP contribution < -0.4 is 5.73 Å². The molecule has 78 valence electrons. The molecule has 0 aliphatic rings. The van der Waals surface area contributed by atoms with Gasteiger partial charge in [0.2, 0.25) is 0 Å². The van der Waals surface area contributed by atoms with E-state index in [1.165, 1.54) is 0 Å². The molecule has 0 spiro atoms. The van der Waals surface area contributed by atoms with Gasteiger partial charge >= 0.3 is 6.09 Å². The summed E-state index contributed by atoms with van der Waals surface area (Å²) in [4.78, 5) is 10.4. The molecule has 0 aromatic rings. The molecule has 1 amide bonds. The minimum Gasteiger partial charge on any atom is -0.449 e. The molecule has 0 rings (SSSR count). The van der Waals surface area contributed by atoms with Gasteiger partial charge in [-0.1, -0.05) is 26.7 Å². The summed E-state index contributed by atoms with van der Waals surface area (Å²) < 4.78 is 4.67. The van der Waals surface area contributed by atoms with Crippen molar-refractivity contribution < 1.29 is 14.6 Å². The number of nitrogens with two attached hydrogens (primary N) is 1. The third-order valence-corrected chi connectivity index (χ3v) is 2.08. The Labute approximate surface area is 79.1 Å². The lowest BCUT2D eigenvalue weighted by Crippen LogP contribution is -2.30. The molecule has 3 N–H and O–H groups in total. The summed E-state index contributed by atoms with van der Waals surface area (Å²) in [6.45, 7) is 4.16. The number of hydrogen-bond acceptors (Lipinski definition) is 3. The topological polar surface area (TPSA) is 72.6 Å². The van der Waals surface area contributed by atoms with Crippen molar-refractivity contribution in [2.45, 2.75) is 33.1 Å².